The monoisotopic (exact) mass is 383 g/mol. The maximum atomic E-state index is 12.7. The molecule has 27 heavy (non-hydrogen) atoms. The first kappa shape index (κ1) is 19.4. The van der Waals surface area contributed by atoms with E-state index >= 15 is 0 Å². The summed E-state index contributed by atoms with van der Waals surface area (Å²) in [5.74, 6) is -0.575. The summed E-state index contributed by atoms with van der Waals surface area (Å²) in [6.07, 6.45) is 4.99. The van der Waals surface area contributed by atoms with Crippen molar-refractivity contribution >= 4 is 34.9 Å². The molecule has 5 heteroatoms. The third-order valence-corrected chi connectivity index (χ3v) is 5.71. The zero-order valence-electron chi connectivity index (χ0n) is 15.8. The molecule has 3 rings (SSSR count). The van der Waals surface area contributed by atoms with Crippen LogP contribution in [0.15, 0.2) is 41.8 Å². The third-order valence-electron chi connectivity index (χ3n) is 4.81. The number of hydrogen-bond acceptors (Lipinski definition) is 4. The van der Waals surface area contributed by atoms with Gasteiger partial charge < -0.3 is 9.64 Å². The number of hydrogen-bond donors (Lipinski definition) is 0. The normalized spacial score (nSPS) is 17.6. The Kier molecular flexibility index (Phi) is 6.45. The largest absolute Gasteiger partial charge is 0.452 e. The topological polar surface area (TPSA) is 46.6 Å². The molecule has 1 aromatic heterocycles. The van der Waals surface area contributed by atoms with Crippen LogP contribution in [-0.4, -0.2) is 36.0 Å². The minimum atomic E-state index is -0.461. The van der Waals surface area contributed by atoms with Crippen molar-refractivity contribution in [3.05, 3.63) is 57.8 Å². The van der Waals surface area contributed by atoms with Gasteiger partial charge in [0.05, 0.1) is 5.57 Å². The van der Waals surface area contributed by atoms with Gasteiger partial charge in [-0.3, -0.25) is 4.79 Å². The molecular formula is C22H25NO3S. The lowest BCUT2D eigenvalue weighted by molar-refractivity contribution is -0.149. The maximum Gasteiger partial charge on any atom is 0.340 e. The quantitative estimate of drug-likeness (QED) is 0.562. The van der Waals surface area contributed by atoms with E-state index in [0.717, 1.165) is 41.8 Å². The summed E-state index contributed by atoms with van der Waals surface area (Å²) in [6, 6.07) is 11.9. The second-order valence-electron chi connectivity index (χ2n) is 6.96. The molecule has 0 saturated carbocycles. The SMILES string of the molecule is Cc1cccc(/C=C(/C(=O)OCC(=O)N2CCCC[C@H]2C)c2cccs2)c1. The van der Waals surface area contributed by atoms with Crippen LogP contribution in [0.2, 0.25) is 0 Å². The van der Waals surface area contributed by atoms with Crippen molar-refractivity contribution in [1.82, 2.24) is 4.90 Å². The summed E-state index contributed by atoms with van der Waals surface area (Å²) >= 11 is 1.48. The summed E-state index contributed by atoms with van der Waals surface area (Å²) in [7, 11) is 0. The van der Waals surface area contributed by atoms with Crippen LogP contribution in [0.1, 0.15) is 42.2 Å². The van der Waals surface area contributed by atoms with Crippen LogP contribution >= 0.6 is 11.3 Å². The number of rotatable bonds is 5. The Morgan fingerprint density at radius 1 is 1.26 bits per heavy atom. The highest BCUT2D eigenvalue weighted by atomic mass is 32.1. The second kappa shape index (κ2) is 9.00. The van der Waals surface area contributed by atoms with E-state index in [1.807, 2.05) is 66.6 Å². The molecule has 4 nitrogen and oxygen atoms in total. The Morgan fingerprint density at radius 3 is 2.81 bits per heavy atom. The molecule has 1 aliphatic rings. The lowest BCUT2D eigenvalue weighted by Gasteiger charge is -2.33. The van der Waals surface area contributed by atoms with Gasteiger partial charge in [-0.1, -0.05) is 35.9 Å². The highest BCUT2D eigenvalue weighted by Gasteiger charge is 2.25. The van der Waals surface area contributed by atoms with Crippen LogP contribution in [0, 0.1) is 6.92 Å². The molecule has 1 aliphatic heterocycles. The molecule has 142 valence electrons. The predicted molar refractivity (Wildman–Crippen MR) is 109 cm³/mol. The van der Waals surface area contributed by atoms with E-state index in [2.05, 4.69) is 0 Å². The number of carbonyl (C=O) groups excluding carboxylic acids is 2. The smallest absolute Gasteiger partial charge is 0.340 e. The minimum absolute atomic E-state index is 0.114. The number of likely N-dealkylation sites (tertiary alicyclic amines) is 1. The predicted octanol–water partition coefficient (Wildman–Crippen LogP) is 4.54. The van der Waals surface area contributed by atoms with E-state index in [1.54, 1.807) is 0 Å². The molecule has 1 atom stereocenters. The van der Waals surface area contributed by atoms with Crippen molar-refractivity contribution in [2.45, 2.75) is 39.2 Å². The Balaban J connectivity index is 1.73. The fourth-order valence-electron chi connectivity index (χ4n) is 3.35. The number of esters is 1. The van der Waals surface area contributed by atoms with Crippen LogP contribution in [0.4, 0.5) is 0 Å². The Morgan fingerprint density at radius 2 is 2.11 bits per heavy atom. The maximum absolute atomic E-state index is 12.7. The number of carbonyl (C=O) groups is 2. The van der Waals surface area contributed by atoms with Gasteiger partial charge in [-0.15, -0.1) is 11.3 Å². The van der Waals surface area contributed by atoms with E-state index in [-0.39, 0.29) is 18.6 Å². The average molecular weight is 384 g/mol. The number of aryl methyl sites for hydroxylation is 1. The first-order valence-electron chi connectivity index (χ1n) is 9.33. The van der Waals surface area contributed by atoms with Crippen molar-refractivity contribution in [1.29, 1.82) is 0 Å². The van der Waals surface area contributed by atoms with Crippen LogP contribution in [0.5, 0.6) is 0 Å². The van der Waals surface area contributed by atoms with Gasteiger partial charge in [-0.2, -0.15) is 0 Å². The van der Waals surface area contributed by atoms with E-state index in [1.165, 1.54) is 11.3 Å². The Hall–Kier alpha value is -2.40. The Bertz CT molecular complexity index is 826. The molecule has 2 heterocycles. The highest BCUT2D eigenvalue weighted by molar-refractivity contribution is 7.11. The van der Waals surface area contributed by atoms with E-state index in [9.17, 15) is 9.59 Å². The second-order valence-corrected chi connectivity index (χ2v) is 7.91. The minimum Gasteiger partial charge on any atom is -0.452 e. The van der Waals surface area contributed by atoms with Crippen molar-refractivity contribution in [2.24, 2.45) is 0 Å². The first-order chi connectivity index (χ1) is 13.0. The van der Waals surface area contributed by atoms with Gasteiger partial charge in [-0.25, -0.2) is 4.79 Å². The van der Waals surface area contributed by atoms with Gasteiger partial charge in [0, 0.05) is 17.5 Å². The van der Waals surface area contributed by atoms with Gasteiger partial charge in [-0.05, 0) is 56.2 Å². The molecule has 1 fully saturated rings. The number of ether oxygens (including phenoxy) is 1. The molecule has 1 saturated heterocycles. The third kappa shape index (κ3) is 5.07. The number of nitrogens with zero attached hydrogens (tertiary/aromatic N) is 1. The summed E-state index contributed by atoms with van der Waals surface area (Å²) in [4.78, 5) is 27.9. The van der Waals surface area contributed by atoms with Crippen LogP contribution < -0.4 is 0 Å². The van der Waals surface area contributed by atoms with Crippen LogP contribution in [0.3, 0.4) is 0 Å². The molecule has 0 aliphatic carbocycles. The molecule has 0 unspecified atom stereocenters. The van der Waals surface area contributed by atoms with E-state index in [4.69, 9.17) is 4.74 Å². The summed E-state index contributed by atoms with van der Waals surface area (Å²) in [5.41, 5.74) is 2.54. The average Bonchev–Trinajstić information content (AvgIpc) is 3.19. The number of piperidine rings is 1. The first-order valence-corrected chi connectivity index (χ1v) is 10.2. The lowest BCUT2D eigenvalue weighted by Crippen LogP contribution is -2.44. The number of amides is 1. The van der Waals surface area contributed by atoms with Crippen molar-refractivity contribution < 1.29 is 14.3 Å². The molecule has 0 spiro atoms. The van der Waals surface area contributed by atoms with Crippen molar-refractivity contribution in [3.63, 3.8) is 0 Å². The summed E-state index contributed by atoms with van der Waals surface area (Å²) in [5, 5.41) is 1.92. The summed E-state index contributed by atoms with van der Waals surface area (Å²) in [6.45, 7) is 4.60. The van der Waals surface area contributed by atoms with Crippen LogP contribution in [0.25, 0.3) is 11.6 Å². The van der Waals surface area contributed by atoms with E-state index < -0.39 is 5.97 Å². The van der Waals surface area contributed by atoms with Crippen LogP contribution in [-0.2, 0) is 14.3 Å². The summed E-state index contributed by atoms with van der Waals surface area (Å²) < 4.78 is 5.40. The molecule has 0 N–H and O–H groups in total. The van der Waals surface area contributed by atoms with Gasteiger partial charge in [0.2, 0.25) is 0 Å². The lowest BCUT2D eigenvalue weighted by atomic mass is 10.0. The van der Waals surface area contributed by atoms with Crippen molar-refractivity contribution in [2.75, 3.05) is 13.2 Å². The number of benzene rings is 1. The zero-order chi connectivity index (χ0) is 19.2. The molecular weight excluding hydrogens is 358 g/mol. The molecule has 0 radical (unpaired) electrons. The van der Waals surface area contributed by atoms with Crippen molar-refractivity contribution in [3.8, 4) is 0 Å². The fraction of sp³-hybridized carbons (Fsp3) is 0.364. The Labute approximate surface area is 164 Å². The standard InChI is InChI=1S/C22H25NO3S/c1-16-7-5-9-18(13-16)14-19(20-10-6-12-27-20)22(25)26-15-21(24)23-11-4-3-8-17(23)2/h5-7,9-10,12-14,17H,3-4,8,11,15H2,1-2H3/b19-14+/t17-/m1/s1. The number of thiophene rings is 1. The highest BCUT2D eigenvalue weighted by Crippen LogP contribution is 2.25. The van der Waals surface area contributed by atoms with Gasteiger partial charge in [0.25, 0.3) is 5.91 Å². The molecule has 0 bridgehead atoms. The van der Waals surface area contributed by atoms with E-state index in [0.29, 0.717) is 5.57 Å². The fourth-order valence-corrected chi connectivity index (χ4v) is 4.08. The molecule has 1 aromatic carbocycles. The van der Waals surface area contributed by atoms with Gasteiger partial charge in [0.15, 0.2) is 6.61 Å². The van der Waals surface area contributed by atoms with Gasteiger partial charge in [0.1, 0.15) is 0 Å². The zero-order valence-corrected chi connectivity index (χ0v) is 16.6. The van der Waals surface area contributed by atoms with Gasteiger partial charge >= 0.3 is 5.97 Å². The molecule has 2 aromatic rings. The molecule has 1 amide bonds.